The number of nitrogens with one attached hydrogen (secondary N) is 1. The molecule has 5 nitrogen and oxygen atoms in total. The Bertz CT molecular complexity index is 977. The molecule has 30 heavy (non-hydrogen) atoms. The highest BCUT2D eigenvalue weighted by molar-refractivity contribution is 6.31. The predicted molar refractivity (Wildman–Crippen MR) is 120 cm³/mol. The smallest absolute Gasteiger partial charge is 0.230 e. The number of anilines is 1. The van der Waals surface area contributed by atoms with Crippen LogP contribution in [-0.4, -0.2) is 29.0 Å². The van der Waals surface area contributed by atoms with E-state index in [-0.39, 0.29) is 5.91 Å². The van der Waals surface area contributed by atoms with Crippen LogP contribution in [0, 0.1) is 0 Å². The van der Waals surface area contributed by atoms with E-state index in [0.717, 1.165) is 37.2 Å². The highest BCUT2D eigenvalue weighted by atomic mass is 35.5. The maximum Gasteiger partial charge on any atom is 0.230 e. The van der Waals surface area contributed by atoms with Gasteiger partial charge in [-0.25, -0.2) is 4.98 Å². The maximum absolute atomic E-state index is 13.2. The van der Waals surface area contributed by atoms with Gasteiger partial charge in [0.1, 0.15) is 5.82 Å². The summed E-state index contributed by atoms with van der Waals surface area (Å²) in [5.41, 5.74) is 1.55. The van der Waals surface area contributed by atoms with Crippen LogP contribution in [0.15, 0.2) is 73.2 Å². The molecule has 0 aliphatic heterocycles. The van der Waals surface area contributed by atoms with E-state index in [2.05, 4.69) is 32.3 Å². The summed E-state index contributed by atoms with van der Waals surface area (Å²) < 4.78 is 0. The molecular weight excluding hydrogens is 396 g/mol. The second kappa shape index (κ2) is 9.26. The molecule has 1 aliphatic rings. The third-order valence-electron chi connectivity index (χ3n) is 5.79. The molecule has 0 atom stereocenters. The summed E-state index contributed by atoms with van der Waals surface area (Å²) in [6.45, 7) is 1.93. The third kappa shape index (κ3) is 4.31. The fraction of sp³-hybridized carbons (Fsp3) is 0.292. The van der Waals surface area contributed by atoms with Gasteiger partial charge in [0.05, 0.1) is 10.4 Å². The molecule has 2 aromatic heterocycles. The first-order valence-electron chi connectivity index (χ1n) is 10.3. The molecule has 1 fully saturated rings. The minimum absolute atomic E-state index is 0.0440. The van der Waals surface area contributed by atoms with Crippen LogP contribution in [0.5, 0.6) is 0 Å². The van der Waals surface area contributed by atoms with E-state index in [1.165, 1.54) is 5.56 Å². The minimum Gasteiger partial charge on any atom is -0.354 e. The Balaban J connectivity index is 1.44. The predicted octanol–water partition coefficient (Wildman–Crippen LogP) is 4.37. The van der Waals surface area contributed by atoms with Crippen LogP contribution in [0.2, 0.25) is 5.02 Å². The normalized spacial score (nSPS) is 14.6. The highest BCUT2D eigenvalue weighted by Gasteiger charge is 2.46. The number of nitrogens with zero attached hydrogens (tertiary/aromatic N) is 3. The molecule has 154 valence electrons. The number of aromatic nitrogens is 2. The lowest BCUT2D eigenvalue weighted by atomic mass is 9.64. The largest absolute Gasteiger partial charge is 0.354 e. The third-order valence-corrected chi connectivity index (χ3v) is 6.09. The molecule has 3 aromatic rings. The molecule has 1 saturated carbocycles. The van der Waals surface area contributed by atoms with Gasteiger partial charge in [-0.3, -0.25) is 9.78 Å². The highest BCUT2D eigenvalue weighted by Crippen LogP contribution is 2.46. The number of amides is 1. The van der Waals surface area contributed by atoms with E-state index in [0.29, 0.717) is 18.1 Å². The maximum atomic E-state index is 13.2. The molecule has 6 heteroatoms. The molecule has 1 aromatic carbocycles. The Hall–Kier alpha value is -2.92. The van der Waals surface area contributed by atoms with Crippen molar-refractivity contribution >= 4 is 23.3 Å². The first-order valence-corrected chi connectivity index (χ1v) is 10.6. The van der Waals surface area contributed by atoms with Crippen molar-refractivity contribution in [1.29, 1.82) is 0 Å². The first kappa shape index (κ1) is 20.4. The second-order valence-corrected chi connectivity index (χ2v) is 8.05. The van der Waals surface area contributed by atoms with Crippen LogP contribution >= 0.6 is 11.6 Å². The summed E-state index contributed by atoms with van der Waals surface area (Å²) in [7, 11) is 0. The van der Waals surface area contributed by atoms with Gasteiger partial charge >= 0.3 is 0 Å². The van der Waals surface area contributed by atoms with Gasteiger partial charge in [-0.05, 0) is 42.2 Å². The lowest BCUT2D eigenvalue weighted by Gasteiger charge is -2.41. The Morgan fingerprint density at radius 2 is 1.87 bits per heavy atom. The number of benzene rings is 1. The Morgan fingerprint density at radius 3 is 2.53 bits per heavy atom. The quantitative estimate of drug-likeness (QED) is 0.587. The van der Waals surface area contributed by atoms with E-state index < -0.39 is 5.41 Å². The first-order chi connectivity index (χ1) is 14.7. The number of halogens is 1. The zero-order chi connectivity index (χ0) is 20.8. The molecule has 0 unspecified atom stereocenters. The number of carbonyl (C=O) groups excluding carboxylic acids is 1. The number of pyridine rings is 2. The van der Waals surface area contributed by atoms with E-state index in [1.54, 1.807) is 18.6 Å². The van der Waals surface area contributed by atoms with Crippen molar-refractivity contribution in [2.75, 3.05) is 18.0 Å². The van der Waals surface area contributed by atoms with E-state index >= 15 is 0 Å². The summed E-state index contributed by atoms with van der Waals surface area (Å²) >= 11 is 6.36. The summed E-state index contributed by atoms with van der Waals surface area (Å²) in [5.74, 6) is 0.939. The summed E-state index contributed by atoms with van der Waals surface area (Å²) in [6.07, 6.45) is 7.78. The molecule has 0 saturated heterocycles. The van der Waals surface area contributed by atoms with Crippen molar-refractivity contribution in [3.63, 3.8) is 0 Å². The van der Waals surface area contributed by atoms with Gasteiger partial charge in [-0.1, -0.05) is 54.4 Å². The van der Waals surface area contributed by atoms with Crippen LogP contribution in [0.1, 0.15) is 30.4 Å². The summed E-state index contributed by atoms with van der Waals surface area (Å²) in [6, 6.07) is 18.0. The number of hydrogen-bond acceptors (Lipinski definition) is 4. The average Bonchev–Trinajstić information content (AvgIpc) is 2.75. The summed E-state index contributed by atoms with van der Waals surface area (Å²) in [4.78, 5) is 23.9. The van der Waals surface area contributed by atoms with Crippen molar-refractivity contribution in [3.8, 4) is 0 Å². The Labute approximate surface area is 182 Å². The van der Waals surface area contributed by atoms with E-state index in [9.17, 15) is 4.79 Å². The van der Waals surface area contributed by atoms with Crippen molar-refractivity contribution in [1.82, 2.24) is 15.3 Å². The van der Waals surface area contributed by atoms with Gasteiger partial charge in [-0.2, -0.15) is 0 Å². The lowest BCUT2D eigenvalue weighted by molar-refractivity contribution is -0.129. The van der Waals surface area contributed by atoms with Gasteiger partial charge < -0.3 is 10.2 Å². The minimum atomic E-state index is -0.532. The number of carbonyl (C=O) groups is 1. The van der Waals surface area contributed by atoms with E-state index in [1.807, 2.05) is 42.5 Å². The van der Waals surface area contributed by atoms with Gasteiger partial charge in [0, 0.05) is 38.2 Å². The zero-order valence-corrected chi connectivity index (χ0v) is 17.6. The van der Waals surface area contributed by atoms with Gasteiger partial charge in [0.2, 0.25) is 5.91 Å². The van der Waals surface area contributed by atoms with Gasteiger partial charge in [0.15, 0.2) is 0 Å². The Morgan fingerprint density at radius 1 is 1.07 bits per heavy atom. The van der Waals surface area contributed by atoms with Crippen molar-refractivity contribution < 1.29 is 4.79 Å². The molecular formula is C24H25ClN4O. The van der Waals surface area contributed by atoms with Crippen LogP contribution in [0.4, 0.5) is 5.82 Å². The van der Waals surface area contributed by atoms with Crippen LogP contribution < -0.4 is 10.2 Å². The van der Waals surface area contributed by atoms with Crippen molar-refractivity contribution in [2.24, 2.45) is 0 Å². The zero-order valence-electron chi connectivity index (χ0n) is 16.8. The van der Waals surface area contributed by atoms with Crippen LogP contribution in [-0.2, 0) is 16.8 Å². The van der Waals surface area contributed by atoms with Crippen molar-refractivity contribution in [3.05, 3.63) is 89.3 Å². The molecule has 1 amide bonds. The fourth-order valence-corrected chi connectivity index (χ4v) is 4.31. The standard InChI is InChI=1S/C24H25ClN4O/c25-21-17-26-14-10-20(21)24(11-6-12-24)23(30)28-15-16-29(22-9-4-5-13-27-22)18-19-7-2-1-3-8-19/h1-5,7-10,13-14,17H,6,11-12,15-16,18H2,(H,28,30). The van der Waals surface area contributed by atoms with Crippen molar-refractivity contribution in [2.45, 2.75) is 31.2 Å². The molecule has 1 aliphatic carbocycles. The van der Waals surface area contributed by atoms with Crippen LogP contribution in [0.25, 0.3) is 0 Å². The molecule has 1 N–H and O–H groups in total. The van der Waals surface area contributed by atoms with E-state index in [4.69, 9.17) is 11.6 Å². The van der Waals surface area contributed by atoms with Gasteiger partial charge in [-0.15, -0.1) is 0 Å². The Kier molecular flexibility index (Phi) is 6.29. The average molecular weight is 421 g/mol. The summed E-state index contributed by atoms with van der Waals surface area (Å²) in [5, 5.41) is 3.71. The molecule has 0 radical (unpaired) electrons. The number of hydrogen-bond donors (Lipinski definition) is 1. The molecule has 0 spiro atoms. The lowest BCUT2D eigenvalue weighted by Crippen LogP contribution is -2.50. The number of rotatable bonds is 8. The molecule has 4 rings (SSSR count). The fourth-order valence-electron chi connectivity index (χ4n) is 4.01. The topological polar surface area (TPSA) is 58.1 Å². The van der Waals surface area contributed by atoms with Crippen LogP contribution in [0.3, 0.4) is 0 Å². The second-order valence-electron chi connectivity index (χ2n) is 7.64. The molecule has 0 bridgehead atoms. The molecule has 2 heterocycles. The SMILES string of the molecule is O=C(NCCN(Cc1ccccc1)c1ccccn1)C1(c2ccncc2Cl)CCC1. The monoisotopic (exact) mass is 420 g/mol. The van der Waals surface area contributed by atoms with Gasteiger partial charge in [0.25, 0.3) is 0 Å².